The van der Waals surface area contributed by atoms with E-state index in [2.05, 4.69) is 36.8 Å². The molecule has 0 aliphatic heterocycles. The van der Waals surface area contributed by atoms with Crippen molar-refractivity contribution in [2.75, 3.05) is 0 Å². The van der Waals surface area contributed by atoms with Gasteiger partial charge in [0.05, 0.1) is 0 Å². The molecule has 2 N–H and O–H groups in total. The summed E-state index contributed by atoms with van der Waals surface area (Å²) in [6.07, 6.45) is 1.24. The van der Waals surface area contributed by atoms with Crippen molar-refractivity contribution in [2.45, 2.75) is 56.7 Å². The van der Waals surface area contributed by atoms with E-state index in [9.17, 15) is 18.0 Å². The van der Waals surface area contributed by atoms with Crippen molar-refractivity contribution in [3.63, 3.8) is 0 Å². The number of aromatic nitrogens is 4. The van der Waals surface area contributed by atoms with Crippen LogP contribution in [0.1, 0.15) is 67.4 Å². The first-order valence-corrected chi connectivity index (χ1v) is 11.3. The van der Waals surface area contributed by atoms with Gasteiger partial charge in [-0.1, -0.05) is 0 Å². The Kier molecular flexibility index (Phi) is 8.12. The van der Waals surface area contributed by atoms with Crippen LogP contribution < -0.4 is 5.32 Å². The second kappa shape index (κ2) is 10.0. The number of aromatic amines is 1. The molecule has 0 aliphatic rings. The fourth-order valence-electron chi connectivity index (χ4n) is 2.89. The first kappa shape index (κ1) is 25.2. The number of H-pyrrole nitrogens is 1. The summed E-state index contributed by atoms with van der Waals surface area (Å²) in [6.45, 7) is 9.60. The van der Waals surface area contributed by atoms with Gasteiger partial charge in [-0.05, 0) is 0 Å². The molecule has 0 aromatic carbocycles. The van der Waals surface area contributed by atoms with Crippen molar-refractivity contribution in [2.24, 2.45) is 5.41 Å². The first-order valence-electron chi connectivity index (χ1n) is 9.65. The van der Waals surface area contributed by atoms with Gasteiger partial charge in [-0.3, -0.25) is 0 Å². The standard InChI is InChI=1S/C20H25F3N5O2.Sn/c1-6-13(7-2)10-16-24-11-15(25-16)14(8-9-19(4,5)20(21,22)23)26-18(29)17-12(3)27-30-28-17;/h6,8,10-11,14H,1,7,9H2,2-5H3,(H,24,25)(H,26,29);/b13-10+;/t14-;/m0./s1. The third-order valence-corrected chi connectivity index (χ3v) is 6.53. The molecule has 0 fully saturated rings. The summed E-state index contributed by atoms with van der Waals surface area (Å²) >= 11 is 0.842. The molecule has 2 heterocycles. The molecular formula is C20H25F3N5O2Sn. The number of rotatable bonds is 9. The number of hydrogen-bond donors (Lipinski definition) is 2. The monoisotopic (exact) mass is 544 g/mol. The number of carbonyl (C=O) groups is 1. The number of allylic oxidation sites excluding steroid dienone is 2. The normalized spacial score (nSPS) is 14.9. The van der Waals surface area contributed by atoms with Crippen LogP contribution in [0.3, 0.4) is 0 Å². The second-order valence-electron chi connectivity index (χ2n) is 7.84. The summed E-state index contributed by atoms with van der Waals surface area (Å²) in [4.78, 5) is 20.1. The Bertz CT molecular complexity index is 949. The molecule has 0 bridgehead atoms. The van der Waals surface area contributed by atoms with E-state index in [0.717, 1.165) is 48.4 Å². The number of alkyl halides is 3. The van der Waals surface area contributed by atoms with Crippen LogP contribution in [0.15, 0.2) is 29.1 Å². The summed E-state index contributed by atoms with van der Waals surface area (Å²) in [7, 11) is 0. The summed E-state index contributed by atoms with van der Waals surface area (Å²) in [6, 6.07) is -0.730. The number of imidazole rings is 1. The van der Waals surface area contributed by atoms with Crippen molar-refractivity contribution in [3.05, 3.63) is 47.3 Å². The van der Waals surface area contributed by atoms with Crippen molar-refractivity contribution in [1.82, 2.24) is 25.6 Å². The SMILES string of the molecule is C=C/C(=C\c1ncc([C@@H](NC(=O)c2nonc2C)[CH]([Sn])CC(C)(C)C(F)(F)F)[nH]1)CC. The molecule has 1 amide bonds. The molecule has 3 radical (unpaired) electrons. The molecule has 7 nitrogen and oxygen atoms in total. The van der Waals surface area contributed by atoms with E-state index in [-0.39, 0.29) is 12.1 Å². The summed E-state index contributed by atoms with van der Waals surface area (Å²) in [5.41, 5.74) is -0.186. The van der Waals surface area contributed by atoms with Gasteiger partial charge in [0.2, 0.25) is 0 Å². The average molecular weight is 543 g/mol. The van der Waals surface area contributed by atoms with Gasteiger partial charge in [0, 0.05) is 0 Å². The van der Waals surface area contributed by atoms with Gasteiger partial charge >= 0.3 is 192 Å². The van der Waals surface area contributed by atoms with Gasteiger partial charge in [-0.25, -0.2) is 0 Å². The Balaban J connectivity index is 2.37. The zero-order valence-electron chi connectivity index (χ0n) is 17.8. The summed E-state index contributed by atoms with van der Waals surface area (Å²) < 4.78 is 44.5. The molecule has 0 saturated heterocycles. The van der Waals surface area contributed by atoms with Gasteiger partial charge < -0.3 is 0 Å². The molecule has 2 atom stereocenters. The van der Waals surface area contributed by atoms with Gasteiger partial charge in [-0.2, -0.15) is 0 Å². The van der Waals surface area contributed by atoms with Crippen molar-refractivity contribution < 1.29 is 22.6 Å². The van der Waals surface area contributed by atoms with E-state index in [4.69, 9.17) is 0 Å². The molecule has 31 heavy (non-hydrogen) atoms. The van der Waals surface area contributed by atoms with Crippen molar-refractivity contribution in [1.29, 1.82) is 0 Å². The van der Waals surface area contributed by atoms with Gasteiger partial charge in [0.25, 0.3) is 0 Å². The van der Waals surface area contributed by atoms with Gasteiger partial charge in [-0.15, -0.1) is 0 Å². The molecule has 1 unspecified atom stereocenters. The number of carbonyl (C=O) groups excluding carboxylic acids is 1. The van der Waals surface area contributed by atoms with Crippen molar-refractivity contribution >= 4 is 34.5 Å². The number of aryl methyl sites for hydroxylation is 1. The Morgan fingerprint density at radius 3 is 2.58 bits per heavy atom. The fraction of sp³-hybridized carbons (Fsp3) is 0.500. The van der Waals surface area contributed by atoms with E-state index in [1.165, 1.54) is 6.20 Å². The zero-order valence-corrected chi connectivity index (χ0v) is 20.7. The van der Waals surface area contributed by atoms with E-state index >= 15 is 0 Å². The van der Waals surface area contributed by atoms with Crippen LogP contribution in [0.5, 0.6) is 0 Å². The average Bonchev–Trinajstić information content (AvgIpc) is 3.31. The maximum atomic E-state index is 13.5. The number of nitrogens with zero attached hydrogens (tertiary/aromatic N) is 3. The molecule has 2 rings (SSSR count). The predicted molar refractivity (Wildman–Crippen MR) is 110 cm³/mol. The Hall–Kier alpha value is -2.11. The third kappa shape index (κ3) is 6.20. The topological polar surface area (TPSA) is 96.7 Å². The summed E-state index contributed by atoms with van der Waals surface area (Å²) in [5, 5.41) is 9.95. The molecule has 2 aromatic rings. The van der Waals surface area contributed by atoms with Gasteiger partial charge in [0.15, 0.2) is 0 Å². The maximum absolute atomic E-state index is 13.5. The Labute approximate surface area is 192 Å². The van der Waals surface area contributed by atoms with Crippen LogP contribution >= 0.6 is 0 Å². The van der Waals surface area contributed by atoms with E-state index in [0.29, 0.717) is 17.2 Å². The molecule has 167 valence electrons. The van der Waals surface area contributed by atoms with Crippen LogP contribution in [-0.4, -0.2) is 54.9 Å². The van der Waals surface area contributed by atoms with Crippen LogP contribution in [0.25, 0.3) is 6.08 Å². The first-order chi connectivity index (χ1) is 14.4. The number of amides is 1. The summed E-state index contributed by atoms with van der Waals surface area (Å²) in [5.74, 6) is -0.0450. The number of hydrogen-bond acceptors (Lipinski definition) is 5. The van der Waals surface area contributed by atoms with Crippen LogP contribution in [0, 0.1) is 12.3 Å². The van der Waals surface area contributed by atoms with Crippen LogP contribution in [-0.2, 0) is 0 Å². The van der Waals surface area contributed by atoms with Crippen molar-refractivity contribution in [3.8, 4) is 0 Å². The minimum absolute atomic E-state index is 0.0114. The molecule has 2 aromatic heterocycles. The van der Waals surface area contributed by atoms with Crippen LogP contribution in [0.2, 0.25) is 3.93 Å². The Morgan fingerprint density at radius 2 is 2.06 bits per heavy atom. The molecular weight excluding hydrogens is 518 g/mol. The van der Waals surface area contributed by atoms with Gasteiger partial charge in [0.1, 0.15) is 0 Å². The Morgan fingerprint density at radius 1 is 1.39 bits per heavy atom. The van der Waals surface area contributed by atoms with E-state index in [1.807, 2.05) is 6.92 Å². The minimum atomic E-state index is -4.37. The third-order valence-electron chi connectivity index (χ3n) is 5.00. The molecule has 0 saturated carbocycles. The number of nitrogens with one attached hydrogen (secondary N) is 2. The van der Waals surface area contributed by atoms with E-state index < -0.39 is 27.5 Å². The fourth-order valence-corrected chi connectivity index (χ4v) is 5.10. The predicted octanol–water partition coefficient (Wildman–Crippen LogP) is 4.49. The van der Waals surface area contributed by atoms with E-state index in [1.54, 1.807) is 19.1 Å². The van der Waals surface area contributed by atoms with Crippen LogP contribution in [0.4, 0.5) is 13.2 Å². The second-order valence-corrected chi connectivity index (χ2v) is 9.96. The quantitative estimate of drug-likeness (QED) is 0.359. The zero-order chi connectivity index (χ0) is 23.4. The number of halogens is 3. The molecule has 11 heteroatoms. The molecule has 0 aliphatic carbocycles. The molecule has 0 spiro atoms.